The van der Waals surface area contributed by atoms with Crippen LogP contribution < -0.4 is 5.73 Å². The third kappa shape index (κ3) is 5.64. The molecule has 8 nitrogen and oxygen atoms in total. The summed E-state index contributed by atoms with van der Waals surface area (Å²) in [6, 6.07) is 9.57. The molecule has 37 heavy (non-hydrogen) atoms. The van der Waals surface area contributed by atoms with Crippen molar-refractivity contribution < 1.29 is 31.2 Å². The molecule has 0 radical (unpaired) electrons. The zero-order chi connectivity index (χ0) is 27.0. The van der Waals surface area contributed by atoms with Gasteiger partial charge in [-0.25, -0.2) is 8.42 Å². The van der Waals surface area contributed by atoms with Gasteiger partial charge >= 0.3 is 6.18 Å². The van der Waals surface area contributed by atoms with E-state index in [1.54, 1.807) is 22.4 Å². The van der Waals surface area contributed by atoms with Crippen LogP contribution in [0.5, 0.6) is 0 Å². The number of halogens is 3. The molecule has 198 valence electrons. The first-order chi connectivity index (χ1) is 17.4. The predicted molar refractivity (Wildman–Crippen MR) is 132 cm³/mol. The maximum Gasteiger partial charge on any atom is 0.416 e. The number of piperazine rings is 1. The van der Waals surface area contributed by atoms with Gasteiger partial charge in [-0.05, 0) is 36.1 Å². The lowest BCUT2D eigenvalue weighted by molar-refractivity contribution is -0.138. The predicted octanol–water partition coefficient (Wildman–Crippen LogP) is 3.21. The van der Waals surface area contributed by atoms with Crippen LogP contribution in [0.1, 0.15) is 37.7 Å². The highest BCUT2D eigenvalue weighted by molar-refractivity contribution is 7.91. The fraction of sp³-hybridized carbons (Fsp3) is 0.333. The van der Waals surface area contributed by atoms with Gasteiger partial charge in [-0.1, -0.05) is 24.3 Å². The fourth-order valence-corrected chi connectivity index (χ4v) is 6.95. The number of nitrogens with zero attached hydrogens (tertiary/aromatic N) is 3. The Morgan fingerprint density at radius 2 is 1.73 bits per heavy atom. The lowest BCUT2D eigenvalue weighted by atomic mass is 10.1. The van der Waals surface area contributed by atoms with Crippen molar-refractivity contribution in [1.29, 1.82) is 0 Å². The van der Waals surface area contributed by atoms with Crippen molar-refractivity contribution >= 4 is 33.1 Å². The van der Waals surface area contributed by atoms with Crippen molar-refractivity contribution in [2.45, 2.75) is 23.9 Å². The highest BCUT2D eigenvalue weighted by atomic mass is 32.2. The monoisotopic (exact) mass is 554 g/mol. The molecule has 1 fully saturated rings. The number of alkyl halides is 3. The molecule has 1 aromatic carbocycles. The van der Waals surface area contributed by atoms with E-state index < -0.39 is 33.5 Å². The largest absolute Gasteiger partial charge is 0.416 e. The number of benzene rings is 1. The van der Waals surface area contributed by atoms with Gasteiger partial charge in [-0.3, -0.25) is 14.5 Å². The molecule has 0 saturated carbocycles. The van der Waals surface area contributed by atoms with Gasteiger partial charge in [0.2, 0.25) is 0 Å². The summed E-state index contributed by atoms with van der Waals surface area (Å²) in [5, 5.41) is 1.69. The highest BCUT2D eigenvalue weighted by Crippen LogP contribution is 2.33. The Bertz CT molecular complexity index is 1410. The Balaban J connectivity index is 1.54. The van der Waals surface area contributed by atoms with E-state index in [-0.39, 0.29) is 47.2 Å². The summed E-state index contributed by atoms with van der Waals surface area (Å²) in [5.74, 6) is -1.20. The molecule has 0 bridgehead atoms. The Hall–Kier alpha value is -3.00. The summed E-state index contributed by atoms with van der Waals surface area (Å²) in [7, 11) is -3.60. The first-order valence-corrected chi connectivity index (χ1v) is 13.7. The Kier molecular flexibility index (Phi) is 7.60. The van der Waals surface area contributed by atoms with E-state index in [2.05, 4.69) is 0 Å². The number of aromatic nitrogens is 1. The summed E-state index contributed by atoms with van der Waals surface area (Å²) in [6.07, 6.45) is -4.59. The highest BCUT2D eigenvalue weighted by Gasteiger charge is 2.34. The van der Waals surface area contributed by atoms with E-state index in [9.17, 15) is 31.2 Å². The standard InChI is InChI=1S/C24H25F3N4O4S2/c1-16-18(23(28)33)13-20(31(16)14-17-5-2-3-6-19(17)24(25,26)27)21(32)15-29-8-10-30(11-9-29)37(34,35)22-7-4-12-36-22/h2-7,12-13H,8-11,14-15H2,1H3,(H2,28,33). The van der Waals surface area contributed by atoms with Crippen LogP contribution in [0.15, 0.2) is 52.1 Å². The van der Waals surface area contributed by atoms with Crippen molar-refractivity contribution in [2.75, 3.05) is 32.7 Å². The van der Waals surface area contributed by atoms with Gasteiger partial charge in [-0.15, -0.1) is 11.3 Å². The molecule has 3 heterocycles. The topological polar surface area (TPSA) is 106 Å². The molecule has 3 aromatic rings. The molecule has 2 N–H and O–H groups in total. The maximum atomic E-state index is 13.6. The molecule has 4 rings (SSSR count). The normalized spacial score (nSPS) is 15.7. The average Bonchev–Trinajstić information content (AvgIpc) is 3.49. The van der Waals surface area contributed by atoms with Crippen LogP contribution in [0.4, 0.5) is 13.2 Å². The maximum absolute atomic E-state index is 13.6. The molecule has 1 aliphatic rings. The molecular weight excluding hydrogens is 529 g/mol. The van der Waals surface area contributed by atoms with Gasteiger partial charge in [0.05, 0.1) is 23.4 Å². The second kappa shape index (κ2) is 10.4. The molecular formula is C24H25F3N4O4S2. The summed E-state index contributed by atoms with van der Waals surface area (Å²) in [6.45, 7) is 2.16. The van der Waals surface area contributed by atoms with Crippen LogP contribution in [0.2, 0.25) is 0 Å². The van der Waals surface area contributed by atoms with Gasteiger partial charge < -0.3 is 10.3 Å². The number of sulfonamides is 1. The quantitative estimate of drug-likeness (QED) is 0.431. The number of thiophene rings is 1. The first kappa shape index (κ1) is 27.0. The molecule has 1 amide bonds. The first-order valence-electron chi connectivity index (χ1n) is 11.3. The smallest absolute Gasteiger partial charge is 0.366 e. The SMILES string of the molecule is Cc1c(C(N)=O)cc(C(=O)CN2CCN(S(=O)(=O)c3cccs3)CC2)n1Cc1ccccc1C(F)(F)F. The van der Waals surface area contributed by atoms with Crippen LogP contribution in [0.3, 0.4) is 0 Å². The van der Waals surface area contributed by atoms with Gasteiger partial charge in [-0.2, -0.15) is 17.5 Å². The van der Waals surface area contributed by atoms with Gasteiger partial charge in [0.1, 0.15) is 4.21 Å². The van der Waals surface area contributed by atoms with Crippen LogP contribution in [0, 0.1) is 6.92 Å². The van der Waals surface area contributed by atoms with Gasteiger partial charge in [0, 0.05) is 38.4 Å². The Labute approximate surface area is 216 Å². The van der Waals surface area contributed by atoms with Crippen LogP contribution in [-0.4, -0.2) is 66.6 Å². The molecule has 1 aliphatic heterocycles. The van der Waals surface area contributed by atoms with Crippen molar-refractivity contribution in [1.82, 2.24) is 13.8 Å². The van der Waals surface area contributed by atoms with E-state index in [0.717, 1.165) is 17.4 Å². The second-order valence-corrected chi connectivity index (χ2v) is 11.8. The summed E-state index contributed by atoms with van der Waals surface area (Å²) in [5.41, 5.74) is 4.99. The average molecular weight is 555 g/mol. The number of rotatable bonds is 8. The minimum atomic E-state index is -4.59. The van der Waals surface area contributed by atoms with Crippen LogP contribution in [0.25, 0.3) is 0 Å². The van der Waals surface area contributed by atoms with E-state index in [4.69, 9.17) is 5.73 Å². The number of carbonyl (C=O) groups is 2. The summed E-state index contributed by atoms with van der Waals surface area (Å²) < 4.78 is 69.2. The third-order valence-electron chi connectivity index (χ3n) is 6.36. The molecule has 0 unspecified atom stereocenters. The van der Waals surface area contributed by atoms with Crippen molar-refractivity contribution in [2.24, 2.45) is 5.73 Å². The molecule has 0 spiro atoms. The van der Waals surface area contributed by atoms with Gasteiger partial charge in [0.15, 0.2) is 5.78 Å². The summed E-state index contributed by atoms with van der Waals surface area (Å²) in [4.78, 5) is 27.0. The second-order valence-electron chi connectivity index (χ2n) is 8.67. The molecule has 0 atom stereocenters. The van der Waals surface area contributed by atoms with E-state index in [0.29, 0.717) is 18.8 Å². The lowest BCUT2D eigenvalue weighted by Crippen LogP contribution is -2.49. The van der Waals surface area contributed by atoms with Crippen molar-refractivity contribution in [3.8, 4) is 0 Å². The van der Waals surface area contributed by atoms with Crippen LogP contribution >= 0.6 is 11.3 Å². The number of hydrogen-bond donors (Lipinski definition) is 1. The lowest BCUT2D eigenvalue weighted by Gasteiger charge is -2.33. The van der Waals surface area contributed by atoms with Crippen molar-refractivity contribution in [3.63, 3.8) is 0 Å². The van der Waals surface area contributed by atoms with Gasteiger partial charge in [0.25, 0.3) is 15.9 Å². The minimum Gasteiger partial charge on any atom is -0.366 e. The van der Waals surface area contributed by atoms with E-state index in [1.807, 2.05) is 0 Å². The van der Waals surface area contributed by atoms with Crippen LogP contribution in [-0.2, 0) is 22.7 Å². The number of ketones is 1. The number of carbonyl (C=O) groups excluding carboxylic acids is 2. The molecule has 2 aromatic heterocycles. The number of hydrogen-bond acceptors (Lipinski definition) is 6. The third-order valence-corrected chi connectivity index (χ3v) is 9.63. The summed E-state index contributed by atoms with van der Waals surface area (Å²) >= 11 is 1.13. The zero-order valence-corrected chi connectivity index (χ0v) is 21.5. The number of Topliss-reactive ketones (excluding diaryl/α,β-unsaturated/α-hetero) is 1. The zero-order valence-electron chi connectivity index (χ0n) is 19.9. The minimum absolute atomic E-state index is 0.0498. The van der Waals surface area contributed by atoms with Crippen molar-refractivity contribution in [3.05, 3.63) is 75.9 Å². The Morgan fingerprint density at radius 3 is 2.32 bits per heavy atom. The van der Waals surface area contributed by atoms with E-state index >= 15 is 0 Å². The number of amides is 1. The fourth-order valence-electron chi connectivity index (χ4n) is 4.38. The molecule has 1 saturated heterocycles. The number of nitrogens with two attached hydrogens (primary N) is 1. The number of primary amides is 1. The molecule has 13 heteroatoms. The van der Waals surface area contributed by atoms with E-state index in [1.165, 1.54) is 40.1 Å². The Morgan fingerprint density at radius 1 is 1.05 bits per heavy atom. The molecule has 0 aliphatic carbocycles.